The highest BCUT2D eigenvalue weighted by atomic mass is 16.7. The van der Waals surface area contributed by atoms with Crippen LogP contribution in [0.25, 0.3) is 0 Å². The van der Waals surface area contributed by atoms with E-state index in [1.807, 2.05) is 0 Å². The van der Waals surface area contributed by atoms with Crippen molar-refractivity contribution in [1.82, 2.24) is 0 Å². The van der Waals surface area contributed by atoms with Crippen molar-refractivity contribution < 1.29 is 62.9 Å². The van der Waals surface area contributed by atoms with Crippen molar-refractivity contribution in [2.45, 2.75) is 223 Å². The Labute approximate surface area is 346 Å². The highest BCUT2D eigenvalue weighted by Gasteiger charge is 2.57. The number of carbonyl (C=O) groups is 3. The van der Waals surface area contributed by atoms with Crippen LogP contribution in [0, 0.1) is 5.41 Å². The lowest BCUT2D eigenvalue weighted by Crippen LogP contribution is -2.62. The summed E-state index contributed by atoms with van der Waals surface area (Å²) in [7, 11) is 1.23. The molecule has 0 aromatic rings. The minimum absolute atomic E-state index is 0.00625. The number of hydrogen-bond acceptors (Lipinski definition) is 13. The lowest BCUT2D eigenvalue weighted by molar-refractivity contribution is -0.327. The first-order valence-electron chi connectivity index (χ1n) is 22.3. The van der Waals surface area contributed by atoms with Gasteiger partial charge in [-0.1, -0.05) is 91.1 Å². The predicted octanol–water partition coefficient (Wildman–Crippen LogP) is 7.06. The van der Waals surface area contributed by atoms with E-state index in [2.05, 4.69) is 6.92 Å². The van der Waals surface area contributed by atoms with Gasteiger partial charge in [-0.25, -0.2) is 4.79 Å². The van der Waals surface area contributed by atoms with E-state index in [1.54, 1.807) is 26.0 Å². The summed E-state index contributed by atoms with van der Waals surface area (Å²) in [6.45, 7) is 7.60. The normalized spacial score (nSPS) is 34.0. The molecule has 4 heterocycles. The van der Waals surface area contributed by atoms with Crippen molar-refractivity contribution in [2.24, 2.45) is 5.41 Å². The summed E-state index contributed by atoms with van der Waals surface area (Å²) < 4.78 is 42.0. The van der Waals surface area contributed by atoms with E-state index >= 15 is 0 Å². The maximum atomic E-state index is 13.5. The van der Waals surface area contributed by atoms with Crippen LogP contribution >= 0.6 is 0 Å². The number of esters is 3. The number of fused-ring (bicyclic) bond motifs is 6. The average molecular weight is 823 g/mol. The Bertz CT molecular complexity index is 1330. The summed E-state index contributed by atoms with van der Waals surface area (Å²) in [6, 6.07) is 0. The second kappa shape index (κ2) is 24.2. The molecule has 332 valence electrons. The van der Waals surface area contributed by atoms with Crippen LogP contribution in [0.4, 0.5) is 0 Å². The molecule has 4 aliphatic heterocycles. The van der Waals surface area contributed by atoms with Crippen LogP contribution < -0.4 is 0 Å². The lowest BCUT2D eigenvalue weighted by atomic mass is 9.74. The molecule has 0 radical (unpaired) electrons. The second-order valence-electron chi connectivity index (χ2n) is 17.5. The third-order valence-electron chi connectivity index (χ3n) is 12.1. The van der Waals surface area contributed by atoms with Crippen LogP contribution in [-0.2, 0) is 47.5 Å². The van der Waals surface area contributed by atoms with Gasteiger partial charge in [0.1, 0.15) is 6.10 Å². The molecule has 0 amide bonds. The first kappa shape index (κ1) is 48.3. The van der Waals surface area contributed by atoms with Gasteiger partial charge in [0, 0.05) is 30.8 Å². The van der Waals surface area contributed by atoms with Gasteiger partial charge in [-0.2, -0.15) is 0 Å². The van der Waals surface area contributed by atoms with Gasteiger partial charge in [0.25, 0.3) is 0 Å². The van der Waals surface area contributed by atoms with Crippen molar-refractivity contribution in [3.05, 3.63) is 23.8 Å². The lowest BCUT2D eigenvalue weighted by Gasteiger charge is -2.51. The first-order chi connectivity index (χ1) is 27.7. The van der Waals surface area contributed by atoms with Crippen molar-refractivity contribution in [3.63, 3.8) is 0 Å². The van der Waals surface area contributed by atoms with Gasteiger partial charge >= 0.3 is 17.9 Å². The van der Waals surface area contributed by atoms with Gasteiger partial charge in [-0.05, 0) is 63.5 Å². The van der Waals surface area contributed by atoms with E-state index in [9.17, 15) is 29.7 Å². The molecule has 4 rings (SSSR count). The molecule has 3 saturated heterocycles. The number of aliphatic hydroxyl groups excluding tert-OH is 2. The number of methoxy groups -OCH3 is 1. The predicted molar refractivity (Wildman–Crippen MR) is 216 cm³/mol. The van der Waals surface area contributed by atoms with Crippen LogP contribution in [0.3, 0.4) is 0 Å². The minimum atomic E-state index is -2.26. The van der Waals surface area contributed by atoms with Crippen LogP contribution in [0.15, 0.2) is 23.8 Å². The maximum absolute atomic E-state index is 13.5. The fraction of sp³-hybridized carbons (Fsp3) is 0.844. The fourth-order valence-corrected chi connectivity index (χ4v) is 8.57. The molecule has 0 aromatic carbocycles. The molecule has 0 unspecified atom stereocenters. The zero-order valence-corrected chi connectivity index (χ0v) is 35.9. The molecule has 10 atom stereocenters. The highest BCUT2D eigenvalue weighted by Crippen LogP contribution is 2.47. The van der Waals surface area contributed by atoms with E-state index in [4.69, 9.17) is 33.2 Å². The Morgan fingerprint density at radius 3 is 2.19 bits per heavy atom. The summed E-state index contributed by atoms with van der Waals surface area (Å²) in [5.41, 5.74) is -1.05. The van der Waals surface area contributed by atoms with E-state index < -0.39 is 65.9 Å². The standard InChI is InChI=1S/C45H74O13/c1-6-7-8-9-10-11-12-13-14-15-16-20-39(48)57-43-32(26-40(49)52-5)25-37-30-38(31(2)46)56-41(50)28-33(47)27-34-18-17-19-35(54-34)29-36-22-24-53-42(55-36)21-23-44(3,4)45(43,51)58-37/h21,23,26,31,33-38,42-43,46-47,51H,6-20,22,24-25,27-30H2,1-5H3/b23-21-,32-26+/t31-,33+,34+,35-,36+,37+,38-,42+,43+,45-/m1/s1. The summed E-state index contributed by atoms with van der Waals surface area (Å²) in [5.74, 6) is -4.21. The van der Waals surface area contributed by atoms with Gasteiger partial charge in [0.15, 0.2) is 12.4 Å². The Morgan fingerprint density at radius 1 is 0.897 bits per heavy atom. The molecular weight excluding hydrogens is 748 g/mol. The Kier molecular flexibility index (Phi) is 20.1. The number of rotatable bonds is 15. The van der Waals surface area contributed by atoms with Crippen LogP contribution in [0.5, 0.6) is 0 Å². The number of cyclic esters (lactones) is 1. The zero-order chi connectivity index (χ0) is 42.1. The van der Waals surface area contributed by atoms with Crippen molar-refractivity contribution in [3.8, 4) is 0 Å². The zero-order valence-electron chi connectivity index (χ0n) is 35.9. The molecular formula is C45H74O13. The molecule has 3 N–H and O–H groups in total. The number of ether oxygens (including phenoxy) is 7. The number of aliphatic hydroxyl groups is 3. The summed E-state index contributed by atoms with van der Waals surface area (Å²) >= 11 is 0. The topological polar surface area (TPSA) is 177 Å². The Balaban J connectivity index is 1.57. The average Bonchev–Trinajstić information content (AvgIpc) is 3.17. The number of unbranched alkanes of at least 4 members (excludes halogenated alkanes) is 10. The molecule has 3 fully saturated rings. The third kappa shape index (κ3) is 15.3. The Morgan fingerprint density at radius 2 is 1.53 bits per heavy atom. The largest absolute Gasteiger partial charge is 0.466 e. The summed E-state index contributed by atoms with van der Waals surface area (Å²) in [4.78, 5) is 39.5. The number of hydrogen-bond donors (Lipinski definition) is 3. The highest BCUT2D eigenvalue weighted by molar-refractivity contribution is 5.83. The van der Waals surface area contributed by atoms with Gasteiger partial charge < -0.3 is 48.5 Å². The maximum Gasteiger partial charge on any atom is 0.330 e. The van der Waals surface area contributed by atoms with Crippen LogP contribution in [0.2, 0.25) is 0 Å². The molecule has 4 aliphatic rings. The van der Waals surface area contributed by atoms with Crippen molar-refractivity contribution in [1.29, 1.82) is 0 Å². The molecule has 13 heteroatoms. The summed E-state index contributed by atoms with van der Waals surface area (Å²) in [6.07, 6.45) is 14.1. The van der Waals surface area contributed by atoms with E-state index in [-0.39, 0.29) is 56.0 Å². The molecule has 0 aromatic heterocycles. The van der Waals surface area contributed by atoms with Gasteiger partial charge in [-0.15, -0.1) is 0 Å². The Hall–Kier alpha value is -2.39. The van der Waals surface area contributed by atoms with Crippen LogP contribution in [0.1, 0.15) is 163 Å². The first-order valence-corrected chi connectivity index (χ1v) is 22.3. The van der Waals surface area contributed by atoms with E-state index in [0.717, 1.165) is 38.5 Å². The molecule has 13 nitrogen and oxygen atoms in total. The number of carbonyl (C=O) groups excluding carboxylic acids is 3. The molecule has 0 saturated carbocycles. The van der Waals surface area contributed by atoms with Crippen molar-refractivity contribution in [2.75, 3.05) is 13.7 Å². The molecule has 58 heavy (non-hydrogen) atoms. The van der Waals surface area contributed by atoms with Gasteiger partial charge in [0.05, 0.1) is 56.8 Å². The SMILES string of the molecule is CCCCCCCCCCCCCC(=O)O[C@H]1/C(=C/C(=O)OC)C[C@H]2C[C@H]([C@@H](C)O)OC(=O)C[C@@H](O)C[C@@H]3CCC[C@H](C[C@@H]4CCO[C@H](/C=C\C(C)(C)[C@]1(O)O2)O4)O3. The van der Waals surface area contributed by atoms with Crippen LogP contribution in [-0.4, -0.2) is 108 Å². The fourth-order valence-electron chi connectivity index (χ4n) is 8.57. The monoisotopic (exact) mass is 823 g/mol. The minimum Gasteiger partial charge on any atom is -0.466 e. The van der Waals surface area contributed by atoms with Gasteiger partial charge in [0.2, 0.25) is 5.79 Å². The smallest absolute Gasteiger partial charge is 0.330 e. The second-order valence-corrected chi connectivity index (χ2v) is 17.5. The third-order valence-corrected chi connectivity index (χ3v) is 12.1. The molecule has 0 aliphatic carbocycles. The van der Waals surface area contributed by atoms with Crippen molar-refractivity contribution >= 4 is 17.9 Å². The summed E-state index contributed by atoms with van der Waals surface area (Å²) in [5, 5.41) is 34.5. The quantitative estimate of drug-likeness (QED) is 0.0504. The van der Waals surface area contributed by atoms with Gasteiger partial charge in [-0.3, -0.25) is 9.59 Å². The molecule has 0 spiro atoms. The van der Waals surface area contributed by atoms with E-state index in [0.29, 0.717) is 25.9 Å². The molecule has 6 bridgehead atoms. The van der Waals surface area contributed by atoms with E-state index in [1.165, 1.54) is 65.1 Å².